The molecule has 6 nitrogen and oxygen atoms in total. The number of benzene rings is 1. The Morgan fingerprint density at radius 2 is 2.19 bits per heavy atom. The zero-order valence-corrected chi connectivity index (χ0v) is 11.7. The number of carbonyl (C=O) groups is 1. The van der Waals surface area contributed by atoms with Gasteiger partial charge in [0, 0.05) is 31.1 Å². The third kappa shape index (κ3) is 3.62. The minimum absolute atomic E-state index is 0.00767. The normalized spacial score (nSPS) is 11.4. The van der Waals surface area contributed by atoms with Gasteiger partial charge in [-0.3, -0.25) is 4.79 Å². The molecule has 2 aromatic rings. The van der Waals surface area contributed by atoms with Crippen molar-refractivity contribution in [1.82, 2.24) is 0 Å². The van der Waals surface area contributed by atoms with E-state index < -0.39 is 0 Å². The maximum atomic E-state index is 12.2. The number of hydrogen-bond acceptors (Lipinski definition) is 4. The molecule has 0 saturated carbocycles. The average Bonchev–Trinajstić information content (AvgIpc) is 3.04. The van der Waals surface area contributed by atoms with Crippen molar-refractivity contribution in [3.05, 3.63) is 54.0 Å². The Morgan fingerprint density at radius 3 is 2.86 bits per heavy atom. The standard InChI is InChI=1S/C15H17N3O3/c1-18(14(19)8-7-13-6-3-9-21-13)12-5-2-4-11(10-12)15(16)17-20/h2-6,9-10,20H,7-8H2,1H3,(H2,16,17). The fourth-order valence-corrected chi connectivity index (χ4v) is 1.93. The zero-order chi connectivity index (χ0) is 15.2. The number of aryl methyl sites for hydroxylation is 1. The summed E-state index contributed by atoms with van der Waals surface area (Å²) in [6.07, 6.45) is 2.48. The molecule has 21 heavy (non-hydrogen) atoms. The first kappa shape index (κ1) is 14.6. The molecule has 0 aliphatic heterocycles. The Hall–Kier alpha value is -2.76. The van der Waals surface area contributed by atoms with Crippen LogP contribution in [-0.4, -0.2) is 24.0 Å². The molecule has 3 N–H and O–H groups in total. The summed E-state index contributed by atoms with van der Waals surface area (Å²) in [5.41, 5.74) is 6.79. The summed E-state index contributed by atoms with van der Waals surface area (Å²) in [5, 5.41) is 11.6. The third-order valence-electron chi connectivity index (χ3n) is 3.18. The molecule has 6 heteroatoms. The van der Waals surface area contributed by atoms with Crippen molar-refractivity contribution in [3.63, 3.8) is 0 Å². The van der Waals surface area contributed by atoms with Crippen LogP contribution < -0.4 is 10.6 Å². The molecule has 0 spiro atoms. The van der Waals surface area contributed by atoms with E-state index >= 15 is 0 Å². The fourth-order valence-electron chi connectivity index (χ4n) is 1.93. The Balaban J connectivity index is 2.05. The highest BCUT2D eigenvalue weighted by molar-refractivity contribution is 5.99. The predicted octanol–water partition coefficient (Wildman–Crippen LogP) is 1.97. The minimum atomic E-state index is -0.0388. The Morgan fingerprint density at radius 1 is 1.38 bits per heavy atom. The maximum Gasteiger partial charge on any atom is 0.227 e. The van der Waals surface area contributed by atoms with Crippen molar-refractivity contribution in [2.45, 2.75) is 12.8 Å². The van der Waals surface area contributed by atoms with Crippen LogP contribution in [0.25, 0.3) is 0 Å². The average molecular weight is 287 g/mol. The summed E-state index contributed by atoms with van der Waals surface area (Å²) in [7, 11) is 1.69. The number of oxime groups is 1. The Kier molecular flexibility index (Phi) is 4.61. The molecule has 0 bridgehead atoms. The number of anilines is 1. The molecule has 1 heterocycles. The van der Waals surface area contributed by atoms with Crippen molar-refractivity contribution in [1.29, 1.82) is 0 Å². The van der Waals surface area contributed by atoms with Crippen molar-refractivity contribution in [3.8, 4) is 0 Å². The molecule has 0 radical (unpaired) electrons. The summed E-state index contributed by atoms with van der Waals surface area (Å²) < 4.78 is 5.20. The molecule has 0 saturated heterocycles. The topological polar surface area (TPSA) is 92.1 Å². The molecule has 0 aliphatic rings. The van der Waals surface area contributed by atoms with Gasteiger partial charge in [0.05, 0.1) is 6.26 Å². The first-order chi connectivity index (χ1) is 10.1. The summed E-state index contributed by atoms with van der Waals surface area (Å²) in [5.74, 6) is 0.749. The molecule has 1 amide bonds. The maximum absolute atomic E-state index is 12.2. The number of nitrogens with two attached hydrogens (primary N) is 1. The lowest BCUT2D eigenvalue weighted by molar-refractivity contribution is -0.118. The Labute approximate surface area is 122 Å². The van der Waals surface area contributed by atoms with E-state index in [-0.39, 0.29) is 11.7 Å². The van der Waals surface area contributed by atoms with Gasteiger partial charge in [-0.15, -0.1) is 0 Å². The number of amidine groups is 1. The highest BCUT2D eigenvalue weighted by Crippen LogP contribution is 2.16. The van der Waals surface area contributed by atoms with E-state index in [1.165, 1.54) is 4.90 Å². The second-order valence-electron chi connectivity index (χ2n) is 4.57. The molecule has 110 valence electrons. The number of nitrogens with zero attached hydrogens (tertiary/aromatic N) is 2. The van der Waals surface area contributed by atoms with Crippen molar-refractivity contribution in [2.24, 2.45) is 10.9 Å². The molecule has 0 aliphatic carbocycles. The van der Waals surface area contributed by atoms with Gasteiger partial charge in [0.25, 0.3) is 0 Å². The predicted molar refractivity (Wildman–Crippen MR) is 79.4 cm³/mol. The largest absolute Gasteiger partial charge is 0.469 e. The van der Waals surface area contributed by atoms with Crippen LogP contribution in [0.4, 0.5) is 5.69 Å². The van der Waals surface area contributed by atoms with Crippen LogP contribution in [0.5, 0.6) is 0 Å². The first-order valence-electron chi connectivity index (χ1n) is 6.48. The second-order valence-corrected chi connectivity index (χ2v) is 4.57. The van der Waals surface area contributed by atoms with Crippen LogP contribution in [0, 0.1) is 0 Å². The third-order valence-corrected chi connectivity index (χ3v) is 3.18. The van der Waals surface area contributed by atoms with Crippen LogP contribution in [0.2, 0.25) is 0 Å². The van der Waals surface area contributed by atoms with Crippen LogP contribution in [0.3, 0.4) is 0 Å². The van der Waals surface area contributed by atoms with Gasteiger partial charge in [-0.25, -0.2) is 0 Å². The number of hydrogen-bond donors (Lipinski definition) is 2. The summed E-state index contributed by atoms with van der Waals surface area (Å²) >= 11 is 0. The van der Waals surface area contributed by atoms with Crippen molar-refractivity contribution >= 4 is 17.4 Å². The zero-order valence-electron chi connectivity index (χ0n) is 11.7. The van der Waals surface area contributed by atoms with E-state index in [2.05, 4.69) is 5.16 Å². The lowest BCUT2D eigenvalue weighted by Crippen LogP contribution is -2.26. The van der Waals surface area contributed by atoms with Crippen LogP contribution in [0.1, 0.15) is 17.7 Å². The van der Waals surface area contributed by atoms with E-state index in [0.717, 1.165) is 5.76 Å². The molecule has 0 unspecified atom stereocenters. The monoisotopic (exact) mass is 287 g/mol. The smallest absolute Gasteiger partial charge is 0.227 e. The lowest BCUT2D eigenvalue weighted by atomic mass is 10.1. The number of amides is 1. The summed E-state index contributed by atoms with van der Waals surface area (Å²) in [4.78, 5) is 13.7. The summed E-state index contributed by atoms with van der Waals surface area (Å²) in [6.45, 7) is 0. The minimum Gasteiger partial charge on any atom is -0.469 e. The van der Waals surface area contributed by atoms with Gasteiger partial charge in [-0.1, -0.05) is 17.3 Å². The molecular formula is C15H17N3O3. The number of rotatable bonds is 5. The van der Waals surface area contributed by atoms with E-state index in [4.69, 9.17) is 15.4 Å². The number of carbonyl (C=O) groups excluding carboxylic acids is 1. The molecular weight excluding hydrogens is 270 g/mol. The molecule has 1 aromatic heterocycles. The van der Waals surface area contributed by atoms with Crippen LogP contribution in [0.15, 0.2) is 52.2 Å². The van der Waals surface area contributed by atoms with Crippen molar-refractivity contribution < 1.29 is 14.4 Å². The second kappa shape index (κ2) is 6.60. The Bertz CT molecular complexity index is 635. The van der Waals surface area contributed by atoms with Gasteiger partial charge < -0.3 is 20.3 Å². The summed E-state index contributed by atoms with van der Waals surface area (Å²) in [6, 6.07) is 10.6. The van der Waals surface area contributed by atoms with E-state index in [1.807, 2.05) is 6.07 Å². The van der Waals surface area contributed by atoms with E-state index in [0.29, 0.717) is 24.1 Å². The molecule has 0 atom stereocenters. The number of furan rings is 1. The molecule has 2 rings (SSSR count). The molecule has 0 fully saturated rings. The van der Waals surface area contributed by atoms with Gasteiger partial charge in [0.2, 0.25) is 5.91 Å². The quantitative estimate of drug-likeness (QED) is 0.380. The highest BCUT2D eigenvalue weighted by Gasteiger charge is 2.12. The first-order valence-corrected chi connectivity index (χ1v) is 6.48. The van der Waals surface area contributed by atoms with E-state index in [9.17, 15) is 4.79 Å². The van der Waals surface area contributed by atoms with Crippen LogP contribution >= 0.6 is 0 Å². The van der Waals surface area contributed by atoms with Gasteiger partial charge in [-0.05, 0) is 24.3 Å². The lowest BCUT2D eigenvalue weighted by Gasteiger charge is -2.17. The SMILES string of the molecule is CN(C(=O)CCc1ccco1)c1cccc(C(N)=NO)c1. The highest BCUT2D eigenvalue weighted by atomic mass is 16.4. The van der Waals surface area contributed by atoms with Crippen LogP contribution in [-0.2, 0) is 11.2 Å². The van der Waals surface area contributed by atoms with Gasteiger partial charge in [-0.2, -0.15) is 0 Å². The molecule has 1 aromatic carbocycles. The van der Waals surface area contributed by atoms with Gasteiger partial charge in [0.15, 0.2) is 5.84 Å². The van der Waals surface area contributed by atoms with E-state index in [1.54, 1.807) is 43.6 Å². The van der Waals surface area contributed by atoms with Crippen molar-refractivity contribution in [2.75, 3.05) is 11.9 Å². The fraction of sp³-hybridized carbons (Fsp3) is 0.200. The van der Waals surface area contributed by atoms with Gasteiger partial charge in [0.1, 0.15) is 5.76 Å². The van der Waals surface area contributed by atoms with Gasteiger partial charge >= 0.3 is 0 Å².